The van der Waals surface area contributed by atoms with E-state index in [1.807, 2.05) is 65.3 Å². The molecule has 6 rings (SSSR count). The van der Waals surface area contributed by atoms with Crippen LogP contribution < -0.4 is 14.8 Å². The van der Waals surface area contributed by atoms with Crippen molar-refractivity contribution in [2.75, 3.05) is 31.6 Å². The second-order valence-corrected chi connectivity index (χ2v) is 14.3. The minimum Gasteiger partial charge on any atom is -0.489 e. The smallest absolute Gasteiger partial charge is 0.274 e. The number of anilines is 1. The monoisotopic (exact) mass is 759 g/mol. The van der Waals surface area contributed by atoms with Crippen LogP contribution in [0.1, 0.15) is 84.2 Å². The molecule has 11 heteroatoms. The van der Waals surface area contributed by atoms with Crippen LogP contribution in [0.4, 0.5) is 5.69 Å². The second-order valence-electron chi connectivity index (χ2n) is 14.3. The number of nitrogens with zero attached hydrogens (tertiary/aromatic N) is 4. The van der Waals surface area contributed by atoms with Gasteiger partial charge in [-0.2, -0.15) is 5.10 Å². The SMILES string of the molecule is CCCCN(CCCC)C(=O)c1cc(C)n(-c2ccc(NC(=O)COc3ccc(OCc4ccccc4)cc3)cc2C(O)N2Cc3ccccc3CC2CO)n1. The summed E-state index contributed by atoms with van der Waals surface area (Å²) >= 11 is 0. The van der Waals surface area contributed by atoms with Gasteiger partial charge >= 0.3 is 0 Å². The summed E-state index contributed by atoms with van der Waals surface area (Å²) in [5, 5.41) is 30.4. The Morgan fingerprint density at radius 3 is 2.21 bits per heavy atom. The van der Waals surface area contributed by atoms with Crippen molar-refractivity contribution in [2.24, 2.45) is 0 Å². The van der Waals surface area contributed by atoms with Gasteiger partial charge in [0.2, 0.25) is 0 Å². The number of aromatic nitrogens is 2. The zero-order valence-electron chi connectivity index (χ0n) is 32.6. The number of nitrogens with one attached hydrogen (secondary N) is 1. The lowest BCUT2D eigenvalue weighted by atomic mass is 9.93. The predicted molar refractivity (Wildman–Crippen MR) is 217 cm³/mol. The summed E-state index contributed by atoms with van der Waals surface area (Å²) in [4.78, 5) is 30.7. The normalized spacial score (nSPS) is 14.5. The fourth-order valence-electron chi connectivity index (χ4n) is 6.99. The van der Waals surface area contributed by atoms with E-state index in [1.165, 1.54) is 0 Å². The molecule has 1 aliphatic rings. The van der Waals surface area contributed by atoms with E-state index in [0.717, 1.165) is 48.1 Å². The van der Waals surface area contributed by atoms with Gasteiger partial charge in [0, 0.05) is 42.6 Å². The number of rotatable bonds is 18. The van der Waals surface area contributed by atoms with Gasteiger partial charge in [-0.1, -0.05) is 81.3 Å². The Morgan fingerprint density at radius 2 is 1.54 bits per heavy atom. The number of carbonyl (C=O) groups excluding carboxylic acids is 2. The molecule has 11 nitrogen and oxygen atoms in total. The molecule has 0 bridgehead atoms. The minimum absolute atomic E-state index is 0.123. The maximum absolute atomic E-state index is 13.8. The number of unbranched alkanes of at least 4 members (excludes halogenated alkanes) is 2. The van der Waals surface area contributed by atoms with Crippen LogP contribution in [0.5, 0.6) is 11.5 Å². The minimum atomic E-state index is -1.18. The predicted octanol–water partition coefficient (Wildman–Crippen LogP) is 7.23. The van der Waals surface area contributed by atoms with Crippen LogP contribution in [0.2, 0.25) is 0 Å². The maximum atomic E-state index is 13.8. The summed E-state index contributed by atoms with van der Waals surface area (Å²) in [5.74, 6) is 0.695. The van der Waals surface area contributed by atoms with Crippen molar-refractivity contribution >= 4 is 17.5 Å². The van der Waals surface area contributed by atoms with Crippen molar-refractivity contribution in [3.05, 3.63) is 137 Å². The van der Waals surface area contributed by atoms with Gasteiger partial charge in [-0.05, 0) is 91.4 Å². The number of aryl methyl sites for hydroxylation is 1. The van der Waals surface area contributed by atoms with Crippen molar-refractivity contribution in [3.8, 4) is 17.2 Å². The third-order valence-corrected chi connectivity index (χ3v) is 10.1. The lowest BCUT2D eigenvalue weighted by Crippen LogP contribution is -2.45. The molecule has 3 N–H and O–H groups in total. The highest BCUT2D eigenvalue weighted by molar-refractivity contribution is 5.93. The number of hydrogen-bond acceptors (Lipinski definition) is 8. The Morgan fingerprint density at radius 1 is 0.875 bits per heavy atom. The van der Waals surface area contributed by atoms with Gasteiger partial charge in [0.1, 0.15) is 24.3 Å². The fourth-order valence-corrected chi connectivity index (χ4v) is 6.99. The largest absolute Gasteiger partial charge is 0.489 e. The molecular weight excluding hydrogens is 707 g/mol. The number of aliphatic hydroxyl groups is 2. The summed E-state index contributed by atoms with van der Waals surface area (Å²) < 4.78 is 13.3. The third kappa shape index (κ3) is 10.0. The zero-order valence-corrected chi connectivity index (χ0v) is 32.6. The van der Waals surface area contributed by atoms with Crippen LogP contribution in [-0.4, -0.2) is 74.0 Å². The first-order valence-electron chi connectivity index (χ1n) is 19.6. The molecule has 2 heterocycles. The first-order valence-corrected chi connectivity index (χ1v) is 19.6. The van der Waals surface area contributed by atoms with Crippen molar-refractivity contribution < 1.29 is 29.3 Å². The van der Waals surface area contributed by atoms with Crippen LogP contribution in [0, 0.1) is 6.92 Å². The average Bonchev–Trinajstić information content (AvgIpc) is 3.62. The van der Waals surface area contributed by atoms with Crippen LogP contribution in [0.25, 0.3) is 5.69 Å². The van der Waals surface area contributed by atoms with Crippen molar-refractivity contribution in [2.45, 2.75) is 78.3 Å². The van der Waals surface area contributed by atoms with Gasteiger partial charge in [0.05, 0.1) is 12.3 Å². The number of aliphatic hydroxyl groups excluding tert-OH is 2. The Balaban J connectivity index is 1.22. The highest BCUT2D eigenvalue weighted by Crippen LogP contribution is 2.34. The maximum Gasteiger partial charge on any atom is 0.274 e. The number of carbonyl (C=O) groups is 2. The van der Waals surface area contributed by atoms with Crippen LogP contribution >= 0.6 is 0 Å². The van der Waals surface area contributed by atoms with Crippen molar-refractivity contribution in [1.82, 2.24) is 19.6 Å². The van der Waals surface area contributed by atoms with Crippen molar-refractivity contribution in [3.63, 3.8) is 0 Å². The first-order chi connectivity index (χ1) is 27.3. The molecule has 0 saturated heterocycles. The lowest BCUT2D eigenvalue weighted by molar-refractivity contribution is -0.118. The highest BCUT2D eigenvalue weighted by Gasteiger charge is 2.33. The number of fused-ring (bicyclic) bond motifs is 1. The van der Waals surface area contributed by atoms with Gasteiger partial charge in [-0.15, -0.1) is 0 Å². The van der Waals surface area contributed by atoms with E-state index in [-0.39, 0.29) is 31.1 Å². The summed E-state index contributed by atoms with van der Waals surface area (Å²) in [6.45, 7) is 7.89. The van der Waals surface area contributed by atoms with Crippen LogP contribution in [0.15, 0.2) is 103 Å². The van der Waals surface area contributed by atoms with Gasteiger partial charge < -0.3 is 29.9 Å². The van der Waals surface area contributed by atoms with E-state index in [1.54, 1.807) is 53.2 Å². The summed E-state index contributed by atoms with van der Waals surface area (Å²) in [6, 6.07) is 31.7. The molecule has 0 saturated carbocycles. The van der Waals surface area contributed by atoms with E-state index in [9.17, 15) is 19.8 Å². The molecular formula is C45H53N5O6. The van der Waals surface area contributed by atoms with E-state index in [2.05, 4.69) is 25.2 Å². The number of benzene rings is 4. The zero-order chi connectivity index (χ0) is 39.4. The first kappa shape index (κ1) is 40.2. The molecule has 0 aliphatic carbocycles. The molecule has 0 spiro atoms. The van der Waals surface area contributed by atoms with Gasteiger partial charge in [-0.3, -0.25) is 14.5 Å². The molecule has 4 aromatic carbocycles. The van der Waals surface area contributed by atoms with E-state index >= 15 is 0 Å². The Kier molecular flexibility index (Phi) is 13.9. The fraction of sp³-hybridized carbons (Fsp3) is 0.356. The molecule has 2 amide bonds. The van der Waals surface area contributed by atoms with E-state index in [0.29, 0.717) is 66.8 Å². The van der Waals surface area contributed by atoms with E-state index in [4.69, 9.17) is 14.6 Å². The summed E-state index contributed by atoms with van der Waals surface area (Å²) in [7, 11) is 0. The average molecular weight is 760 g/mol. The molecule has 2 unspecified atom stereocenters. The molecule has 2 atom stereocenters. The standard InChI is InChI=1S/C45H53N5O6/c1-4-6-23-48(24-7-5-2)45(54)41-25-32(3)50(47-41)42-22-17-36(27-40(42)44(53)49-28-35-16-12-11-15-34(35)26-37(49)29-51)46-43(52)31-56-39-20-18-38(19-21-39)55-30-33-13-9-8-10-14-33/h8-22,25,27,37,44,51,53H,4-7,23-24,26,28-31H2,1-3H3,(H,46,52). The molecule has 0 radical (unpaired) electrons. The third-order valence-electron chi connectivity index (χ3n) is 10.1. The highest BCUT2D eigenvalue weighted by atomic mass is 16.5. The van der Waals surface area contributed by atoms with Gasteiger partial charge in [0.25, 0.3) is 11.8 Å². The van der Waals surface area contributed by atoms with Crippen LogP contribution in [0.3, 0.4) is 0 Å². The lowest BCUT2D eigenvalue weighted by Gasteiger charge is -2.39. The second kappa shape index (κ2) is 19.4. The number of hydrogen-bond donors (Lipinski definition) is 3. The number of ether oxygens (including phenoxy) is 2. The Bertz CT molecular complexity index is 2040. The molecule has 56 heavy (non-hydrogen) atoms. The molecule has 1 aromatic heterocycles. The molecule has 294 valence electrons. The Labute approximate surface area is 329 Å². The topological polar surface area (TPSA) is 129 Å². The summed E-state index contributed by atoms with van der Waals surface area (Å²) in [5.41, 5.74) is 5.79. The molecule has 5 aromatic rings. The van der Waals surface area contributed by atoms with Crippen LogP contribution in [-0.2, 0) is 24.4 Å². The van der Waals surface area contributed by atoms with E-state index < -0.39 is 6.23 Å². The van der Waals surface area contributed by atoms with Gasteiger partial charge in [-0.25, -0.2) is 4.68 Å². The summed E-state index contributed by atoms with van der Waals surface area (Å²) in [6.07, 6.45) is 3.16. The molecule has 0 fully saturated rings. The van der Waals surface area contributed by atoms with Gasteiger partial charge in [0.15, 0.2) is 12.3 Å². The molecule has 1 aliphatic heterocycles. The quantitative estimate of drug-likeness (QED) is 0.0854. The Hall–Kier alpha value is -5.49. The van der Waals surface area contributed by atoms with Crippen molar-refractivity contribution in [1.29, 1.82) is 0 Å². The number of amides is 2.